The maximum atomic E-state index is 12.5. The molecule has 0 aromatic heterocycles. The number of nitrogens with one attached hydrogen (secondary N) is 1. The van der Waals surface area contributed by atoms with Crippen molar-refractivity contribution in [1.82, 2.24) is 9.62 Å². The normalized spacial score (nSPS) is 16.1. The van der Waals surface area contributed by atoms with Gasteiger partial charge in [0.15, 0.2) is 5.78 Å². The first kappa shape index (κ1) is 19.0. The monoisotopic (exact) mass is 370 g/mol. The van der Waals surface area contributed by atoms with Gasteiger partial charge in [-0.15, -0.1) is 0 Å². The molecule has 0 spiro atoms. The fraction of sp³-hybridized carbons (Fsp3) is 0.500. The predicted molar refractivity (Wildman–Crippen MR) is 94.8 cm³/mol. The molecule has 0 bridgehead atoms. The molecule has 6 nitrogen and oxygen atoms in total. The predicted octanol–water partition coefficient (Wildman–Crippen LogP) is 1.52. The number of carbonyl (C=O) groups excluding carboxylic acids is 2. The minimum absolute atomic E-state index is 0.0665. The van der Waals surface area contributed by atoms with Crippen LogP contribution in [-0.2, 0) is 14.8 Å². The number of nitrogens with zero attached hydrogens (tertiary/aromatic N) is 1. The Morgan fingerprint density at radius 3 is 2.33 bits per heavy atom. The number of thioether (sulfide) groups is 1. The quantitative estimate of drug-likeness (QED) is 0.768. The molecule has 1 saturated heterocycles. The summed E-state index contributed by atoms with van der Waals surface area (Å²) in [5.41, 5.74) is 0.449. The summed E-state index contributed by atoms with van der Waals surface area (Å²) in [5, 5.41) is 2.89. The first-order chi connectivity index (χ1) is 11.3. The van der Waals surface area contributed by atoms with E-state index in [1.54, 1.807) is 0 Å². The Kier molecular flexibility index (Phi) is 6.42. The summed E-state index contributed by atoms with van der Waals surface area (Å²) >= 11 is 1.86. The Bertz CT molecular complexity index is 695. The minimum Gasteiger partial charge on any atom is -0.352 e. The van der Waals surface area contributed by atoms with Crippen LogP contribution in [0.15, 0.2) is 29.2 Å². The highest BCUT2D eigenvalue weighted by atomic mass is 32.2. The number of amides is 1. The number of hydrogen-bond donors (Lipinski definition) is 1. The van der Waals surface area contributed by atoms with Crippen molar-refractivity contribution >= 4 is 33.5 Å². The van der Waals surface area contributed by atoms with Crippen molar-refractivity contribution in [2.45, 2.75) is 30.7 Å². The topological polar surface area (TPSA) is 83.6 Å². The van der Waals surface area contributed by atoms with Crippen LogP contribution in [0.1, 0.15) is 30.1 Å². The number of carbonyl (C=O) groups is 2. The van der Waals surface area contributed by atoms with E-state index in [2.05, 4.69) is 5.32 Å². The van der Waals surface area contributed by atoms with Crippen LogP contribution in [0.2, 0.25) is 0 Å². The van der Waals surface area contributed by atoms with Crippen molar-refractivity contribution in [3.63, 3.8) is 0 Å². The summed E-state index contributed by atoms with van der Waals surface area (Å²) in [6.07, 6.45) is 1.83. The van der Waals surface area contributed by atoms with Gasteiger partial charge < -0.3 is 5.32 Å². The third-order valence-corrected chi connectivity index (χ3v) is 6.79. The number of ketones is 1. The Morgan fingerprint density at radius 1 is 1.21 bits per heavy atom. The van der Waals surface area contributed by atoms with Gasteiger partial charge in [-0.1, -0.05) is 12.1 Å². The van der Waals surface area contributed by atoms with Crippen LogP contribution < -0.4 is 5.32 Å². The van der Waals surface area contributed by atoms with E-state index < -0.39 is 10.0 Å². The molecule has 132 valence electrons. The number of Topliss-reactive ketones (excluding diaryl/α,β-unsaturated/α-hetero) is 1. The molecule has 0 unspecified atom stereocenters. The molecule has 1 aromatic carbocycles. The van der Waals surface area contributed by atoms with Gasteiger partial charge in [0.25, 0.3) is 0 Å². The molecule has 1 fully saturated rings. The van der Waals surface area contributed by atoms with Gasteiger partial charge in [-0.25, -0.2) is 8.42 Å². The van der Waals surface area contributed by atoms with Gasteiger partial charge in [0.2, 0.25) is 15.9 Å². The molecule has 1 amide bonds. The zero-order valence-electron chi connectivity index (χ0n) is 13.8. The lowest BCUT2D eigenvalue weighted by atomic mass is 10.1. The van der Waals surface area contributed by atoms with Gasteiger partial charge >= 0.3 is 0 Å². The molecule has 1 aliphatic rings. The standard InChI is InChI=1S/C16H22N2O4S2/c1-12(19)13-3-5-15(6-4-13)24(21,22)18(2)11-16(20)17-14-7-9-23-10-8-14/h3-6,14H,7-11H2,1-2H3,(H,17,20). The zero-order valence-corrected chi connectivity index (χ0v) is 15.5. The summed E-state index contributed by atoms with van der Waals surface area (Å²) in [6, 6.07) is 5.85. The van der Waals surface area contributed by atoms with Gasteiger partial charge in [-0.3, -0.25) is 9.59 Å². The average Bonchev–Trinajstić information content (AvgIpc) is 2.55. The molecular formula is C16H22N2O4S2. The van der Waals surface area contributed by atoms with Crippen LogP contribution in [-0.4, -0.2) is 55.6 Å². The summed E-state index contributed by atoms with van der Waals surface area (Å²) < 4.78 is 26.0. The fourth-order valence-electron chi connectivity index (χ4n) is 2.44. The van der Waals surface area contributed by atoms with E-state index >= 15 is 0 Å². The van der Waals surface area contributed by atoms with Gasteiger partial charge in [0.1, 0.15) is 0 Å². The highest BCUT2D eigenvalue weighted by molar-refractivity contribution is 7.99. The van der Waals surface area contributed by atoms with Gasteiger partial charge in [-0.05, 0) is 43.4 Å². The molecule has 0 radical (unpaired) electrons. The Morgan fingerprint density at radius 2 is 1.79 bits per heavy atom. The third kappa shape index (κ3) is 4.81. The van der Waals surface area contributed by atoms with E-state index in [4.69, 9.17) is 0 Å². The van der Waals surface area contributed by atoms with E-state index in [9.17, 15) is 18.0 Å². The molecule has 1 aromatic rings. The molecule has 1 aliphatic heterocycles. The lowest BCUT2D eigenvalue weighted by molar-refractivity contribution is -0.121. The molecule has 0 atom stereocenters. The number of sulfonamides is 1. The Labute approximate surface area is 147 Å². The van der Waals surface area contributed by atoms with E-state index in [1.807, 2.05) is 11.8 Å². The van der Waals surface area contributed by atoms with Crippen molar-refractivity contribution < 1.29 is 18.0 Å². The smallest absolute Gasteiger partial charge is 0.243 e. The lowest BCUT2D eigenvalue weighted by Gasteiger charge is -2.24. The third-order valence-electron chi connectivity index (χ3n) is 3.92. The van der Waals surface area contributed by atoms with Crippen LogP contribution in [0.5, 0.6) is 0 Å². The first-order valence-electron chi connectivity index (χ1n) is 7.75. The van der Waals surface area contributed by atoms with Gasteiger partial charge in [-0.2, -0.15) is 16.1 Å². The molecule has 1 N–H and O–H groups in total. The first-order valence-corrected chi connectivity index (χ1v) is 10.3. The fourth-order valence-corrected chi connectivity index (χ4v) is 4.68. The summed E-state index contributed by atoms with van der Waals surface area (Å²) in [5.74, 6) is 1.61. The van der Waals surface area contributed by atoms with Crippen LogP contribution in [0.3, 0.4) is 0 Å². The summed E-state index contributed by atoms with van der Waals surface area (Å²) in [7, 11) is -2.38. The van der Waals surface area contributed by atoms with E-state index in [-0.39, 0.29) is 29.2 Å². The minimum atomic E-state index is -3.76. The molecule has 24 heavy (non-hydrogen) atoms. The van der Waals surface area contributed by atoms with Crippen molar-refractivity contribution in [3.8, 4) is 0 Å². The van der Waals surface area contributed by atoms with Crippen LogP contribution in [0, 0.1) is 0 Å². The molecular weight excluding hydrogens is 348 g/mol. The second-order valence-corrected chi connectivity index (χ2v) is 9.07. The number of rotatable bonds is 6. The van der Waals surface area contributed by atoms with Gasteiger partial charge in [0.05, 0.1) is 11.4 Å². The average molecular weight is 370 g/mol. The zero-order chi connectivity index (χ0) is 17.7. The highest BCUT2D eigenvalue weighted by Crippen LogP contribution is 2.18. The molecule has 0 aliphatic carbocycles. The second-order valence-electron chi connectivity index (χ2n) is 5.80. The highest BCUT2D eigenvalue weighted by Gasteiger charge is 2.24. The maximum Gasteiger partial charge on any atom is 0.243 e. The Hall–Kier alpha value is -1.38. The summed E-state index contributed by atoms with van der Waals surface area (Å²) in [6.45, 7) is 1.20. The van der Waals surface area contributed by atoms with Crippen LogP contribution in [0.4, 0.5) is 0 Å². The molecule has 8 heteroatoms. The molecule has 0 saturated carbocycles. The molecule has 1 heterocycles. The summed E-state index contributed by atoms with van der Waals surface area (Å²) in [4.78, 5) is 23.4. The number of benzene rings is 1. The second kappa shape index (κ2) is 8.13. The SMILES string of the molecule is CC(=O)c1ccc(S(=O)(=O)N(C)CC(=O)NC2CCSCC2)cc1. The number of hydrogen-bond acceptors (Lipinski definition) is 5. The number of likely N-dealkylation sites (N-methyl/N-ethyl adjacent to an activating group) is 1. The van der Waals surface area contributed by atoms with Crippen molar-refractivity contribution in [1.29, 1.82) is 0 Å². The van der Waals surface area contributed by atoms with Crippen molar-refractivity contribution in [3.05, 3.63) is 29.8 Å². The van der Waals surface area contributed by atoms with E-state index in [0.717, 1.165) is 28.7 Å². The van der Waals surface area contributed by atoms with Crippen LogP contribution in [0.25, 0.3) is 0 Å². The Balaban J connectivity index is 1.99. The molecule has 2 rings (SSSR count). The van der Waals surface area contributed by atoms with Gasteiger partial charge in [0, 0.05) is 18.7 Å². The van der Waals surface area contributed by atoms with Crippen molar-refractivity contribution in [2.24, 2.45) is 0 Å². The van der Waals surface area contributed by atoms with E-state index in [0.29, 0.717) is 5.56 Å². The largest absolute Gasteiger partial charge is 0.352 e. The van der Waals surface area contributed by atoms with Crippen LogP contribution >= 0.6 is 11.8 Å². The lowest BCUT2D eigenvalue weighted by Crippen LogP contribution is -2.43. The maximum absolute atomic E-state index is 12.5. The van der Waals surface area contributed by atoms with Crippen molar-refractivity contribution in [2.75, 3.05) is 25.1 Å². The van der Waals surface area contributed by atoms with E-state index in [1.165, 1.54) is 38.2 Å².